The number of esters is 1. The summed E-state index contributed by atoms with van der Waals surface area (Å²) in [6, 6.07) is 5.51. The van der Waals surface area contributed by atoms with Crippen LogP contribution in [-0.2, 0) is 15.1 Å². The minimum absolute atomic E-state index is 0.0940. The Kier molecular flexibility index (Phi) is 2.57. The standard InChI is InChI=1S/C17H19NO4/c1-16(2)12-6-4-5-11(13(12)15(20)22-16)14(19)18-9-17(3)7-10(18)8-21-17/h4-6,10H,7-9H2,1-3H3. The van der Waals surface area contributed by atoms with Crippen LogP contribution in [0.25, 0.3) is 0 Å². The summed E-state index contributed by atoms with van der Waals surface area (Å²) in [4.78, 5) is 27.0. The Labute approximate surface area is 129 Å². The van der Waals surface area contributed by atoms with E-state index < -0.39 is 11.6 Å². The molecule has 2 atom stereocenters. The summed E-state index contributed by atoms with van der Waals surface area (Å²) < 4.78 is 11.1. The fraction of sp³-hybridized carbons (Fsp3) is 0.529. The zero-order valence-corrected chi connectivity index (χ0v) is 13.0. The molecule has 5 nitrogen and oxygen atoms in total. The number of amides is 1. The number of carbonyl (C=O) groups excluding carboxylic acids is 2. The van der Waals surface area contributed by atoms with Crippen LogP contribution in [0.1, 0.15) is 53.5 Å². The van der Waals surface area contributed by atoms with Gasteiger partial charge in [-0.3, -0.25) is 4.79 Å². The predicted molar refractivity (Wildman–Crippen MR) is 78.7 cm³/mol. The van der Waals surface area contributed by atoms with Crippen molar-refractivity contribution in [3.05, 3.63) is 34.9 Å². The second-order valence-electron chi connectivity index (χ2n) is 7.18. The highest BCUT2D eigenvalue weighted by Gasteiger charge is 2.50. The van der Waals surface area contributed by atoms with Crippen LogP contribution in [0.3, 0.4) is 0 Å². The lowest BCUT2D eigenvalue weighted by Gasteiger charge is -2.31. The molecule has 2 unspecified atom stereocenters. The van der Waals surface area contributed by atoms with Gasteiger partial charge in [-0.2, -0.15) is 0 Å². The van der Waals surface area contributed by atoms with Crippen LogP contribution >= 0.6 is 0 Å². The first-order valence-electron chi connectivity index (χ1n) is 7.62. The minimum atomic E-state index is -0.679. The molecule has 0 aliphatic carbocycles. The number of benzene rings is 1. The van der Waals surface area contributed by atoms with Crippen molar-refractivity contribution in [1.29, 1.82) is 0 Å². The first-order chi connectivity index (χ1) is 10.3. The van der Waals surface area contributed by atoms with Gasteiger partial charge in [-0.1, -0.05) is 12.1 Å². The van der Waals surface area contributed by atoms with Crippen molar-refractivity contribution in [2.75, 3.05) is 13.2 Å². The van der Waals surface area contributed by atoms with Gasteiger partial charge in [0, 0.05) is 12.0 Å². The molecule has 5 heteroatoms. The second-order valence-corrected chi connectivity index (χ2v) is 7.18. The Hall–Kier alpha value is -1.88. The molecule has 2 saturated heterocycles. The van der Waals surface area contributed by atoms with Gasteiger partial charge in [0.25, 0.3) is 5.91 Å². The summed E-state index contributed by atoms with van der Waals surface area (Å²) in [5.41, 5.74) is 0.741. The van der Waals surface area contributed by atoms with E-state index in [9.17, 15) is 9.59 Å². The number of hydrogen-bond acceptors (Lipinski definition) is 4. The van der Waals surface area contributed by atoms with E-state index in [0.29, 0.717) is 24.3 Å². The van der Waals surface area contributed by atoms with E-state index >= 15 is 0 Å². The molecule has 0 N–H and O–H groups in total. The lowest BCUT2D eigenvalue weighted by atomic mass is 9.92. The van der Waals surface area contributed by atoms with Crippen molar-refractivity contribution in [2.24, 2.45) is 0 Å². The summed E-state index contributed by atoms with van der Waals surface area (Å²) >= 11 is 0. The molecule has 0 saturated carbocycles. The van der Waals surface area contributed by atoms with Crippen molar-refractivity contribution < 1.29 is 19.1 Å². The third-order valence-electron chi connectivity index (χ3n) is 4.99. The first-order valence-corrected chi connectivity index (χ1v) is 7.62. The average molecular weight is 301 g/mol. The number of fused-ring (bicyclic) bond motifs is 3. The highest BCUT2D eigenvalue weighted by molar-refractivity contribution is 6.08. The largest absolute Gasteiger partial charge is 0.451 e. The number of hydrogen-bond donors (Lipinski definition) is 0. The Bertz CT molecular complexity index is 696. The molecule has 116 valence electrons. The molecule has 2 fully saturated rings. The molecular weight excluding hydrogens is 282 g/mol. The van der Waals surface area contributed by atoms with E-state index in [1.165, 1.54) is 0 Å². The van der Waals surface area contributed by atoms with Crippen LogP contribution in [0.2, 0.25) is 0 Å². The van der Waals surface area contributed by atoms with Gasteiger partial charge in [0.05, 0.1) is 35.9 Å². The molecular formula is C17H19NO4. The Morgan fingerprint density at radius 1 is 1.32 bits per heavy atom. The van der Waals surface area contributed by atoms with E-state index in [4.69, 9.17) is 9.47 Å². The Morgan fingerprint density at radius 2 is 2.09 bits per heavy atom. The summed E-state index contributed by atoms with van der Waals surface area (Å²) in [5, 5.41) is 0. The topological polar surface area (TPSA) is 55.8 Å². The summed E-state index contributed by atoms with van der Waals surface area (Å²) in [6.07, 6.45) is 0.865. The molecule has 0 aromatic heterocycles. The van der Waals surface area contributed by atoms with Gasteiger partial charge in [0.15, 0.2) is 0 Å². The number of nitrogens with zero attached hydrogens (tertiary/aromatic N) is 1. The third-order valence-corrected chi connectivity index (χ3v) is 4.99. The van der Waals surface area contributed by atoms with Crippen LogP contribution in [0, 0.1) is 0 Å². The number of cyclic esters (lactones) is 1. The van der Waals surface area contributed by atoms with Crippen LogP contribution in [0.5, 0.6) is 0 Å². The lowest BCUT2D eigenvalue weighted by molar-refractivity contribution is -0.0268. The number of ether oxygens (including phenoxy) is 2. The molecule has 3 heterocycles. The van der Waals surface area contributed by atoms with Crippen molar-refractivity contribution >= 4 is 11.9 Å². The van der Waals surface area contributed by atoms with Crippen molar-refractivity contribution in [2.45, 2.75) is 44.4 Å². The number of likely N-dealkylation sites (tertiary alicyclic amines) is 1. The fourth-order valence-electron chi connectivity index (χ4n) is 3.90. The maximum Gasteiger partial charge on any atom is 0.340 e. The number of morpholine rings is 1. The van der Waals surface area contributed by atoms with Crippen molar-refractivity contribution in [1.82, 2.24) is 4.90 Å². The summed E-state index contributed by atoms with van der Waals surface area (Å²) in [5.74, 6) is -0.501. The maximum absolute atomic E-state index is 13.0. The quantitative estimate of drug-likeness (QED) is 0.745. The van der Waals surface area contributed by atoms with Gasteiger partial charge >= 0.3 is 5.97 Å². The van der Waals surface area contributed by atoms with Gasteiger partial charge in [0.2, 0.25) is 0 Å². The SMILES string of the molecule is CC12CC(CO1)N(C(=O)c1cccc3c1C(=O)OC3(C)C)C2. The highest BCUT2D eigenvalue weighted by Crippen LogP contribution is 2.41. The predicted octanol–water partition coefficient (Wildman–Crippen LogP) is 2.10. The summed E-state index contributed by atoms with van der Waals surface area (Å²) in [6.45, 7) is 6.88. The van der Waals surface area contributed by atoms with Crippen LogP contribution in [0.15, 0.2) is 18.2 Å². The first kappa shape index (κ1) is 13.8. The molecule has 3 aliphatic heterocycles. The van der Waals surface area contributed by atoms with Crippen LogP contribution in [0.4, 0.5) is 0 Å². The van der Waals surface area contributed by atoms with Gasteiger partial charge < -0.3 is 14.4 Å². The molecule has 4 rings (SSSR count). The van der Waals surface area contributed by atoms with Crippen LogP contribution < -0.4 is 0 Å². The highest BCUT2D eigenvalue weighted by atomic mass is 16.6. The van der Waals surface area contributed by atoms with Crippen molar-refractivity contribution in [3.63, 3.8) is 0 Å². The van der Waals surface area contributed by atoms with Crippen LogP contribution in [-0.4, -0.2) is 41.6 Å². The van der Waals surface area contributed by atoms with E-state index in [0.717, 1.165) is 12.0 Å². The van der Waals surface area contributed by atoms with E-state index in [1.807, 2.05) is 37.8 Å². The number of rotatable bonds is 1. The molecule has 1 amide bonds. The van der Waals surface area contributed by atoms with E-state index in [1.54, 1.807) is 6.07 Å². The minimum Gasteiger partial charge on any atom is -0.451 e. The molecule has 22 heavy (non-hydrogen) atoms. The Balaban J connectivity index is 1.75. The fourth-order valence-corrected chi connectivity index (χ4v) is 3.90. The monoisotopic (exact) mass is 301 g/mol. The van der Waals surface area contributed by atoms with E-state index in [2.05, 4.69) is 0 Å². The van der Waals surface area contributed by atoms with Gasteiger partial charge in [-0.05, 0) is 26.8 Å². The third kappa shape index (κ3) is 1.75. The maximum atomic E-state index is 13.0. The lowest BCUT2D eigenvalue weighted by Crippen LogP contribution is -2.44. The summed E-state index contributed by atoms with van der Waals surface area (Å²) in [7, 11) is 0. The smallest absolute Gasteiger partial charge is 0.340 e. The average Bonchev–Trinajstić information content (AvgIpc) is 3.07. The molecule has 2 bridgehead atoms. The number of carbonyl (C=O) groups is 2. The van der Waals surface area contributed by atoms with Gasteiger partial charge in [-0.25, -0.2) is 4.79 Å². The molecule has 0 spiro atoms. The van der Waals surface area contributed by atoms with Gasteiger partial charge in [-0.15, -0.1) is 0 Å². The van der Waals surface area contributed by atoms with Gasteiger partial charge in [0.1, 0.15) is 5.60 Å². The Morgan fingerprint density at radius 3 is 2.73 bits per heavy atom. The second kappa shape index (κ2) is 4.10. The van der Waals surface area contributed by atoms with Crippen molar-refractivity contribution in [3.8, 4) is 0 Å². The van der Waals surface area contributed by atoms with E-state index in [-0.39, 0.29) is 17.6 Å². The molecule has 3 aliphatic rings. The zero-order chi connectivity index (χ0) is 15.7. The molecule has 1 aromatic rings. The normalized spacial score (nSPS) is 31.3. The zero-order valence-electron chi connectivity index (χ0n) is 13.0. The molecule has 1 aromatic carbocycles. The molecule has 0 radical (unpaired) electrons.